The molecule has 0 atom stereocenters. The van der Waals surface area contributed by atoms with Gasteiger partial charge in [-0.15, -0.1) is 0 Å². The molecule has 0 saturated heterocycles. The van der Waals surface area contributed by atoms with E-state index in [1.54, 1.807) is 18.5 Å². The molecule has 122 valence electrons. The summed E-state index contributed by atoms with van der Waals surface area (Å²) in [7, 11) is 0. The molecular weight excluding hydrogens is 322 g/mol. The van der Waals surface area contributed by atoms with Gasteiger partial charge in [-0.3, -0.25) is 20.0 Å². The number of nitro groups is 1. The van der Waals surface area contributed by atoms with Gasteiger partial charge in [0.2, 0.25) is 0 Å². The minimum atomic E-state index is -0.678. The van der Waals surface area contributed by atoms with Gasteiger partial charge in [0, 0.05) is 48.7 Å². The van der Waals surface area contributed by atoms with Crippen molar-refractivity contribution in [2.45, 2.75) is 13.1 Å². The van der Waals surface area contributed by atoms with Crippen molar-refractivity contribution in [1.82, 2.24) is 9.88 Å². The number of hydrogen-bond donors (Lipinski definition) is 2. The van der Waals surface area contributed by atoms with E-state index in [9.17, 15) is 20.3 Å². The van der Waals surface area contributed by atoms with Gasteiger partial charge in [-0.25, -0.2) is 0 Å². The molecule has 0 spiro atoms. The zero-order valence-corrected chi connectivity index (χ0v) is 13.0. The number of benzene rings is 1. The average Bonchev–Trinajstić information content (AvgIpc) is 2.51. The molecule has 1 heterocycles. The smallest absolute Gasteiger partial charge is 0.312 e. The number of phenolic OH excluding ortho intramolecular Hbond substituents is 1. The molecule has 23 heavy (non-hydrogen) atoms. The first kappa shape index (κ1) is 17.1. The lowest BCUT2D eigenvalue weighted by Gasteiger charge is -2.22. The van der Waals surface area contributed by atoms with Gasteiger partial charge >= 0.3 is 5.69 Å². The van der Waals surface area contributed by atoms with Crippen LogP contribution in [0, 0.1) is 10.1 Å². The average molecular weight is 338 g/mol. The maximum Gasteiger partial charge on any atom is 0.312 e. The number of pyridine rings is 1. The Hall–Kier alpha value is -2.22. The van der Waals surface area contributed by atoms with Crippen LogP contribution in [0.15, 0.2) is 36.7 Å². The maximum absolute atomic E-state index is 11.0. The first-order valence-electron chi connectivity index (χ1n) is 6.89. The van der Waals surface area contributed by atoms with Crippen LogP contribution in [0.4, 0.5) is 5.69 Å². The first-order chi connectivity index (χ1) is 11.0. The molecule has 0 unspecified atom stereocenters. The van der Waals surface area contributed by atoms with Crippen molar-refractivity contribution in [3.63, 3.8) is 0 Å². The number of aliphatic hydroxyl groups is 1. The van der Waals surface area contributed by atoms with Crippen molar-refractivity contribution in [2.75, 3.05) is 13.2 Å². The van der Waals surface area contributed by atoms with Crippen molar-refractivity contribution in [3.05, 3.63) is 62.9 Å². The van der Waals surface area contributed by atoms with Crippen molar-refractivity contribution in [3.8, 4) is 5.75 Å². The Morgan fingerprint density at radius 3 is 2.74 bits per heavy atom. The molecular formula is C15H16ClN3O4. The van der Waals surface area contributed by atoms with Crippen LogP contribution in [0.1, 0.15) is 11.1 Å². The van der Waals surface area contributed by atoms with Crippen LogP contribution < -0.4 is 0 Å². The number of nitro benzene ring substituents is 1. The molecule has 2 N–H and O–H groups in total. The summed E-state index contributed by atoms with van der Waals surface area (Å²) in [5, 5.41) is 30.4. The SMILES string of the molecule is O=[N+]([O-])c1cc(Cl)cc(CN(CCO)Cc2cccnc2)c1O. The highest BCUT2D eigenvalue weighted by atomic mass is 35.5. The molecule has 0 aliphatic rings. The predicted octanol–water partition coefficient (Wildman–Crippen LogP) is 2.34. The molecule has 0 radical (unpaired) electrons. The van der Waals surface area contributed by atoms with Crippen LogP contribution in [0.5, 0.6) is 5.75 Å². The highest BCUT2D eigenvalue weighted by Crippen LogP contribution is 2.34. The van der Waals surface area contributed by atoms with Crippen LogP contribution in [-0.4, -0.2) is 38.2 Å². The molecule has 0 saturated carbocycles. The second-order valence-electron chi connectivity index (χ2n) is 4.99. The number of hydrogen-bond acceptors (Lipinski definition) is 6. The summed E-state index contributed by atoms with van der Waals surface area (Å²) in [5.74, 6) is -0.409. The molecule has 7 nitrogen and oxygen atoms in total. The third-order valence-corrected chi connectivity index (χ3v) is 3.49. The molecule has 0 bridgehead atoms. The van der Waals surface area contributed by atoms with E-state index in [0.717, 1.165) is 11.6 Å². The van der Waals surface area contributed by atoms with Gasteiger partial charge in [-0.2, -0.15) is 0 Å². The van der Waals surface area contributed by atoms with Gasteiger partial charge in [0.15, 0.2) is 5.75 Å². The van der Waals surface area contributed by atoms with Crippen LogP contribution in [0.2, 0.25) is 5.02 Å². The lowest BCUT2D eigenvalue weighted by molar-refractivity contribution is -0.385. The van der Waals surface area contributed by atoms with E-state index in [4.69, 9.17) is 11.6 Å². The Bertz CT molecular complexity index is 682. The van der Waals surface area contributed by atoms with E-state index in [2.05, 4.69) is 4.98 Å². The van der Waals surface area contributed by atoms with E-state index >= 15 is 0 Å². The van der Waals surface area contributed by atoms with Gasteiger partial charge in [0.25, 0.3) is 0 Å². The molecule has 0 aliphatic carbocycles. The highest BCUT2D eigenvalue weighted by Gasteiger charge is 2.20. The second kappa shape index (κ2) is 7.87. The summed E-state index contributed by atoms with van der Waals surface area (Å²) in [6, 6.07) is 6.28. The zero-order valence-electron chi connectivity index (χ0n) is 12.2. The van der Waals surface area contributed by atoms with Crippen molar-refractivity contribution in [1.29, 1.82) is 0 Å². The number of phenols is 1. The van der Waals surface area contributed by atoms with Gasteiger partial charge < -0.3 is 10.2 Å². The Balaban J connectivity index is 2.24. The van der Waals surface area contributed by atoms with Crippen LogP contribution in [-0.2, 0) is 13.1 Å². The molecule has 2 rings (SSSR count). The van der Waals surface area contributed by atoms with Crippen molar-refractivity contribution >= 4 is 17.3 Å². The molecule has 0 aliphatic heterocycles. The summed E-state index contributed by atoms with van der Waals surface area (Å²) >= 11 is 5.89. The number of aliphatic hydroxyl groups excluding tert-OH is 1. The minimum Gasteiger partial charge on any atom is -0.502 e. The van der Waals surface area contributed by atoms with E-state index in [0.29, 0.717) is 18.7 Å². The zero-order chi connectivity index (χ0) is 16.8. The largest absolute Gasteiger partial charge is 0.502 e. The Kier molecular flexibility index (Phi) is 5.86. The Labute approximate surface area is 137 Å². The maximum atomic E-state index is 11.0. The quantitative estimate of drug-likeness (QED) is 0.594. The fraction of sp³-hybridized carbons (Fsp3) is 0.267. The molecule has 8 heteroatoms. The fourth-order valence-electron chi connectivity index (χ4n) is 2.25. The summed E-state index contributed by atoms with van der Waals surface area (Å²) < 4.78 is 0. The van der Waals surface area contributed by atoms with Gasteiger partial charge in [0.05, 0.1) is 11.5 Å². The molecule has 1 aromatic heterocycles. The van der Waals surface area contributed by atoms with Crippen LogP contribution in [0.3, 0.4) is 0 Å². The van der Waals surface area contributed by atoms with Crippen molar-refractivity contribution < 1.29 is 15.1 Å². The molecule has 0 fully saturated rings. The van der Waals surface area contributed by atoms with Crippen LogP contribution >= 0.6 is 11.6 Å². The van der Waals surface area contributed by atoms with Gasteiger partial charge in [-0.05, 0) is 17.7 Å². The van der Waals surface area contributed by atoms with E-state index in [1.807, 2.05) is 11.0 Å². The highest BCUT2D eigenvalue weighted by molar-refractivity contribution is 6.31. The topological polar surface area (TPSA) is 99.7 Å². The number of aromatic hydroxyl groups is 1. The third-order valence-electron chi connectivity index (χ3n) is 3.27. The summed E-state index contributed by atoms with van der Waals surface area (Å²) in [4.78, 5) is 16.1. The van der Waals surface area contributed by atoms with E-state index < -0.39 is 16.4 Å². The molecule has 0 amide bonds. The predicted molar refractivity (Wildman–Crippen MR) is 85.2 cm³/mol. The summed E-state index contributed by atoms with van der Waals surface area (Å²) in [6.45, 7) is 0.954. The number of halogens is 1. The van der Waals surface area contributed by atoms with E-state index in [-0.39, 0.29) is 18.2 Å². The summed E-state index contributed by atoms with van der Waals surface area (Å²) in [6.07, 6.45) is 3.36. The Morgan fingerprint density at radius 1 is 1.35 bits per heavy atom. The summed E-state index contributed by atoms with van der Waals surface area (Å²) in [5.41, 5.74) is 0.830. The van der Waals surface area contributed by atoms with Gasteiger partial charge in [-0.1, -0.05) is 17.7 Å². The normalized spacial score (nSPS) is 10.9. The fourth-order valence-corrected chi connectivity index (χ4v) is 2.48. The van der Waals surface area contributed by atoms with Gasteiger partial charge in [0.1, 0.15) is 0 Å². The lowest BCUT2D eigenvalue weighted by Crippen LogP contribution is -2.26. The monoisotopic (exact) mass is 337 g/mol. The lowest BCUT2D eigenvalue weighted by atomic mass is 10.1. The Morgan fingerprint density at radius 2 is 2.13 bits per heavy atom. The number of nitrogens with zero attached hydrogens (tertiary/aromatic N) is 3. The molecule has 2 aromatic rings. The third kappa shape index (κ3) is 4.62. The number of rotatable bonds is 7. The van der Waals surface area contributed by atoms with E-state index in [1.165, 1.54) is 6.07 Å². The standard InChI is InChI=1S/C15H16ClN3O4/c16-13-6-12(15(21)14(7-13)19(22)23)10-18(4-5-20)9-11-2-1-3-17-8-11/h1-3,6-8,20-21H,4-5,9-10H2. The number of aromatic nitrogens is 1. The first-order valence-corrected chi connectivity index (χ1v) is 7.27. The second-order valence-corrected chi connectivity index (χ2v) is 5.42. The van der Waals surface area contributed by atoms with Crippen LogP contribution in [0.25, 0.3) is 0 Å². The minimum absolute atomic E-state index is 0.0797. The molecule has 1 aromatic carbocycles. The van der Waals surface area contributed by atoms with Crippen molar-refractivity contribution in [2.24, 2.45) is 0 Å².